The van der Waals surface area contributed by atoms with Crippen molar-refractivity contribution in [3.63, 3.8) is 0 Å². The number of rotatable bonds is 10. The van der Waals surface area contributed by atoms with Crippen LogP contribution >= 0.6 is 0 Å². The van der Waals surface area contributed by atoms with Gasteiger partial charge in [-0.15, -0.1) is 0 Å². The topological polar surface area (TPSA) is 64.6 Å². The van der Waals surface area contributed by atoms with Crippen LogP contribution in [0.2, 0.25) is 0 Å². The van der Waals surface area contributed by atoms with Crippen LogP contribution < -0.4 is 5.32 Å². The first-order valence-electron chi connectivity index (χ1n) is 10.5. The Hall–Kier alpha value is -1.88. The molecule has 1 saturated heterocycles. The molecule has 0 amide bonds. The van der Waals surface area contributed by atoms with Crippen molar-refractivity contribution in [2.24, 2.45) is 11.8 Å². The first-order valence-corrected chi connectivity index (χ1v) is 10.5. The molecule has 1 fully saturated rings. The SMILES string of the molecule is CC(C)(C)OC(=O)C1CNCC1CCCCCCC(=O)OCc1ccccc1. The molecule has 1 heterocycles. The summed E-state index contributed by atoms with van der Waals surface area (Å²) in [4.78, 5) is 24.1. The summed E-state index contributed by atoms with van der Waals surface area (Å²) < 4.78 is 10.8. The molecule has 0 radical (unpaired) electrons. The average molecular weight is 390 g/mol. The largest absolute Gasteiger partial charge is 0.461 e. The fraction of sp³-hybridized carbons (Fsp3) is 0.652. The van der Waals surface area contributed by atoms with E-state index in [0.29, 0.717) is 25.5 Å². The van der Waals surface area contributed by atoms with Gasteiger partial charge in [-0.05, 0) is 51.6 Å². The number of esters is 2. The summed E-state index contributed by atoms with van der Waals surface area (Å²) in [6.07, 6.45) is 5.51. The Morgan fingerprint density at radius 3 is 2.46 bits per heavy atom. The lowest BCUT2D eigenvalue weighted by Crippen LogP contribution is -2.32. The number of nitrogens with one attached hydrogen (secondary N) is 1. The molecular weight excluding hydrogens is 354 g/mol. The van der Waals surface area contributed by atoms with E-state index in [-0.39, 0.29) is 17.9 Å². The Morgan fingerprint density at radius 2 is 1.75 bits per heavy atom. The number of benzene rings is 1. The fourth-order valence-electron chi connectivity index (χ4n) is 3.53. The van der Waals surface area contributed by atoms with Crippen molar-refractivity contribution in [2.45, 2.75) is 71.5 Å². The van der Waals surface area contributed by atoms with Gasteiger partial charge >= 0.3 is 11.9 Å². The van der Waals surface area contributed by atoms with Crippen molar-refractivity contribution < 1.29 is 19.1 Å². The number of carbonyl (C=O) groups excluding carboxylic acids is 2. The van der Waals surface area contributed by atoms with Crippen LogP contribution in [0.4, 0.5) is 0 Å². The zero-order valence-corrected chi connectivity index (χ0v) is 17.5. The minimum absolute atomic E-state index is 0.0350. The molecule has 1 aliphatic heterocycles. The van der Waals surface area contributed by atoms with E-state index in [9.17, 15) is 9.59 Å². The zero-order valence-electron chi connectivity index (χ0n) is 17.5. The molecule has 2 unspecified atom stereocenters. The van der Waals surface area contributed by atoms with E-state index in [1.165, 1.54) is 0 Å². The minimum Gasteiger partial charge on any atom is -0.461 e. The molecule has 1 aromatic carbocycles. The van der Waals surface area contributed by atoms with E-state index >= 15 is 0 Å². The molecular formula is C23H35NO4. The van der Waals surface area contributed by atoms with Gasteiger partial charge in [0.2, 0.25) is 0 Å². The second kappa shape index (κ2) is 11.2. The first-order chi connectivity index (χ1) is 13.3. The van der Waals surface area contributed by atoms with Gasteiger partial charge in [-0.2, -0.15) is 0 Å². The molecule has 0 aliphatic carbocycles. The molecule has 0 spiro atoms. The Bertz CT molecular complexity index is 609. The zero-order chi connectivity index (χ0) is 20.4. The van der Waals surface area contributed by atoms with Crippen molar-refractivity contribution in [1.29, 1.82) is 0 Å². The Morgan fingerprint density at radius 1 is 1.04 bits per heavy atom. The fourth-order valence-corrected chi connectivity index (χ4v) is 3.53. The van der Waals surface area contributed by atoms with Crippen molar-refractivity contribution >= 4 is 11.9 Å². The lowest BCUT2D eigenvalue weighted by molar-refractivity contribution is -0.160. The molecule has 156 valence electrons. The summed E-state index contributed by atoms with van der Waals surface area (Å²) in [5.74, 6) is 0.107. The maximum absolute atomic E-state index is 12.3. The highest BCUT2D eigenvalue weighted by Gasteiger charge is 2.35. The van der Waals surface area contributed by atoms with Crippen LogP contribution in [-0.2, 0) is 25.7 Å². The normalized spacial score (nSPS) is 19.4. The third-order valence-corrected chi connectivity index (χ3v) is 5.00. The first kappa shape index (κ1) is 22.4. The second-order valence-electron chi connectivity index (χ2n) is 8.66. The third-order valence-electron chi connectivity index (χ3n) is 5.00. The van der Waals surface area contributed by atoms with Crippen LogP contribution in [0.15, 0.2) is 30.3 Å². The molecule has 5 nitrogen and oxygen atoms in total. The lowest BCUT2D eigenvalue weighted by Gasteiger charge is -2.24. The molecule has 1 aliphatic rings. The monoisotopic (exact) mass is 389 g/mol. The number of hydrogen-bond donors (Lipinski definition) is 1. The summed E-state index contributed by atoms with van der Waals surface area (Å²) in [5, 5.41) is 3.32. The maximum Gasteiger partial charge on any atom is 0.311 e. The standard InChI is InChI=1S/C23H35NO4/c1-23(2,3)28-22(26)20-16-24-15-19(20)13-9-4-5-10-14-21(25)27-17-18-11-7-6-8-12-18/h6-8,11-12,19-20,24H,4-5,9-10,13-17H2,1-3H3. The van der Waals surface area contributed by atoms with Crippen molar-refractivity contribution in [3.05, 3.63) is 35.9 Å². The van der Waals surface area contributed by atoms with E-state index in [1.54, 1.807) is 0 Å². The molecule has 2 rings (SSSR count). The smallest absolute Gasteiger partial charge is 0.311 e. The van der Waals surface area contributed by atoms with E-state index in [0.717, 1.165) is 44.2 Å². The van der Waals surface area contributed by atoms with E-state index < -0.39 is 5.60 Å². The van der Waals surface area contributed by atoms with Gasteiger partial charge in [0.1, 0.15) is 12.2 Å². The van der Waals surface area contributed by atoms with Gasteiger partial charge < -0.3 is 14.8 Å². The Labute approximate surface area is 169 Å². The van der Waals surface area contributed by atoms with E-state index in [1.807, 2.05) is 51.1 Å². The quantitative estimate of drug-likeness (QED) is 0.479. The van der Waals surface area contributed by atoms with Gasteiger partial charge in [0.05, 0.1) is 5.92 Å². The average Bonchev–Trinajstić information content (AvgIpc) is 3.11. The number of ether oxygens (including phenoxy) is 2. The highest BCUT2D eigenvalue weighted by atomic mass is 16.6. The van der Waals surface area contributed by atoms with Crippen molar-refractivity contribution in [1.82, 2.24) is 5.32 Å². The van der Waals surface area contributed by atoms with E-state index in [4.69, 9.17) is 9.47 Å². The number of carbonyl (C=O) groups is 2. The van der Waals surface area contributed by atoms with Gasteiger partial charge in [-0.25, -0.2) is 0 Å². The highest BCUT2D eigenvalue weighted by Crippen LogP contribution is 2.26. The van der Waals surface area contributed by atoms with Crippen molar-refractivity contribution in [3.8, 4) is 0 Å². The van der Waals surface area contributed by atoms with Crippen LogP contribution in [0.5, 0.6) is 0 Å². The molecule has 28 heavy (non-hydrogen) atoms. The second-order valence-corrected chi connectivity index (χ2v) is 8.66. The summed E-state index contributed by atoms with van der Waals surface area (Å²) in [7, 11) is 0. The van der Waals surface area contributed by atoms with Gasteiger partial charge in [-0.3, -0.25) is 9.59 Å². The Kier molecular flexibility index (Phi) is 8.97. The molecule has 0 saturated carbocycles. The molecule has 0 aromatic heterocycles. The molecule has 0 bridgehead atoms. The highest BCUT2D eigenvalue weighted by molar-refractivity contribution is 5.74. The van der Waals surface area contributed by atoms with Crippen LogP contribution in [-0.4, -0.2) is 30.6 Å². The molecule has 2 atom stereocenters. The summed E-state index contributed by atoms with van der Waals surface area (Å²) in [5.41, 5.74) is 0.583. The number of unbranched alkanes of at least 4 members (excludes halogenated alkanes) is 3. The number of hydrogen-bond acceptors (Lipinski definition) is 5. The van der Waals surface area contributed by atoms with E-state index in [2.05, 4.69) is 5.32 Å². The van der Waals surface area contributed by atoms with Gasteiger partial charge in [0, 0.05) is 13.0 Å². The van der Waals surface area contributed by atoms with Crippen LogP contribution in [0, 0.1) is 11.8 Å². The molecule has 1 aromatic rings. The minimum atomic E-state index is -0.431. The third kappa shape index (κ3) is 8.42. The maximum atomic E-state index is 12.3. The lowest BCUT2D eigenvalue weighted by atomic mass is 9.90. The van der Waals surface area contributed by atoms with Crippen molar-refractivity contribution in [2.75, 3.05) is 13.1 Å². The predicted molar refractivity (Wildman–Crippen MR) is 110 cm³/mol. The van der Waals surface area contributed by atoms with Gasteiger partial charge in [-0.1, -0.05) is 49.6 Å². The summed E-state index contributed by atoms with van der Waals surface area (Å²) >= 11 is 0. The van der Waals surface area contributed by atoms with Gasteiger partial charge in [0.25, 0.3) is 0 Å². The molecule has 1 N–H and O–H groups in total. The predicted octanol–water partition coefficient (Wildman–Crippen LogP) is 4.25. The summed E-state index contributed by atoms with van der Waals surface area (Å²) in [6, 6.07) is 9.74. The van der Waals surface area contributed by atoms with Crippen LogP contribution in [0.1, 0.15) is 64.9 Å². The van der Waals surface area contributed by atoms with Crippen LogP contribution in [0.25, 0.3) is 0 Å². The van der Waals surface area contributed by atoms with Crippen LogP contribution in [0.3, 0.4) is 0 Å². The molecule has 5 heteroatoms. The summed E-state index contributed by atoms with van der Waals surface area (Å²) in [6.45, 7) is 7.68. The van der Waals surface area contributed by atoms with Gasteiger partial charge in [0.15, 0.2) is 0 Å². The Balaban J connectivity index is 1.54.